The van der Waals surface area contributed by atoms with Gasteiger partial charge in [-0.15, -0.1) is 11.3 Å². The number of thiazole rings is 1. The SMILES string of the molecule is C=CCOC(=O)[C@@H](C)C[C@H](Cc1ccccc1)NC(=O)c1csc([C@@H](C[C@H](C(C)C)N(C)C(=O)[C@@H](NC(=O)[C@H]2CCCC[N+]2(C)Cc2ccc(O[C@@H]3O[C@H](C(=O)OC)[C@@H](OC(C)=O)[C@H](OC(C)=O)[C@H]3OC(C)=O)c(NC(=O)CCNC(=O)OCC3c4ccccc4-c4ccccc43)c2)[C@@H](C)CC)OCCC)n1. The lowest BCUT2D eigenvalue weighted by molar-refractivity contribution is -0.942. The fourth-order valence-corrected chi connectivity index (χ4v) is 15.1. The number of likely N-dealkylation sites (N-methyl/N-ethyl adjacent to an activating group) is 2. The summed E-state index contributed by atoms with van der Waals surface area (Å²) in [4.78, 5) is 143. The number of esters is 5. The molecule has 27 heteroatoms. The maximum atomic E-state index is 15.3. The first-order chi connectivity index (χ1) is 51.2. The number of likely N-dealkylation sites (tertiary alicyclic amines) is 1. The van der Waals surface area contributed by atoms with E-state index in [1.165, 1.54) is 23.5 Å². The first kappa shape index (κ1) is 83.1. The molecule has 8 rings (SSSR count). The van der Waals surface area contributed by atoms with E-state index in [-0.39, 0.29) is 83.9 Å². The molecule has 2 aliphatic heterocycles. The van der Waals surface area contributed by atoms with Crippen molar-refractivity contribution in [3.05, 3.63) is 148 Å². The van der Waals surface area contributed by atoms with Gasteiger partial charge < -0.3 is 73.3 Å². The largest absolute Gasteiger partial charge is 0.467 e. The smallest absolute Gasteiger partial charge is 0.407 e. The van der Waals surface area contributed by atoms with Crippen LogP contribution in [0.1, 0.15) is 163 Å². The number of hydrogen-bond acceptors (Lipinski definition) is 21. The number of quaternary nitrogens is 1. The average Bonchev–Trinajstić information content (AvgIpc) is 1.74. The molecule has 0 bridgehead atoms. The maximum absolute atomic E-state index is 15.3. The molecular weight excluding hydrogens is 1390 g/mol. The maximum Gasteiger partial charge on any atom is 0.407 e. The number of nitrogens with one attached hydrogen (secondary N) is 4. The summed E-state index contributed by atoms with van der Waals surface area (Å²) in [6, 6.07) is 27.9. The molecule has 5 amide bonds. The molecule has 1 aromatic heterocycles. The topological polar surface area (TPSA) is 318 Å². The summed E-state index contributed by atoms with van der Waals surface area (Å²) < 4.78 is 52.1. The summed E-state index contributed by atoms with van der Waals surface area (Å²) >= 11 is 1.29. The number of methoxy groups -OCH3 is 1. The van der Waals surface area contributed by atoms with E-state index in [2.05, 4.69) is 27.8 Å². The van der Waals surface area contributed by atoms with E-state index in [1.54, 1.807) is 36.4 Å². The third-order valence-electron chi connectivity index (χ3n) is 19.8. The molecule has 2 fully saturated rings. The van der Waals surface area contributed by atoms with Crippen molar-refractivity contribution in [3.8, 4) is 16.9 Å². The lowest BCUT2D eigenvalue weighted by Gasteiger charge is -2.45. The number of carbonyl (C=O) groups excluding carboxylic acids is 10. The fourth-order valence-electron chi connectivity index (χ4n) is 14.2. The minimum absolute atomic E-state index is 0.0345. The second kappa shape index (κ2) is 39.3. The van der Waals surface area contributed by atoms with Gasteiger partial charge in [0.15, 0.2) is 24.4 Å². The molecule has 578 valence electrons. The van der Waals surface area contributed by atoms with Gasteiger partial charge in [0.05, 0.1) is 32.3 Å². The molecule has 3 heterocycles. The van der Waals surface area contributed by atoms with Crippen LogP contribution in [-0.4, -0.2) is 183 Å². The van der Waals surface area contributed by atoms with Crippen molar-refractivity contribution in [2.75, 3.05) is 59.4 Å². The Morgan fingerprint density at radius 3 is 2.07 bits per heavy atom. The van der Waals surface area contributed by atoms with E-state index in [9.17, 15) is 38.4 Å². The number of piperidine rings is 1. The molecule has 26 nitrogen and oxygen atoms in total. The zero-order valence-corrected chi connectivity index (χ0v) is 64.1. The molecule has 0 spiro atoms. The molecule has 0 radical (unpaired) electrons. The number of rotatable bonds is 36. The normalized spacial score (nSPS) is 20.5. The van der Waals surface area contributed by atoms with Crippen molar-refractivity contribution in [1.29, 1.82) is 0 Å². The van der Waals surface area contributed by atoms with E-state index < -0.39 is 115 Å². The van der Waals surface area contributed by atoms with Gasteiger partial charge in [-0.05, 0) is 90.0 Å². The number of nitrogens with zero attached hydrogens (tertiary/aromatic N) is 3. The van der Waals surface area contributed by atoms with Gasteiger partial charge in [0.1, 0.15) is 48.4 Å². The molecule has 1 aliphatic carbocycles. The fraction of sp³-hybridized carbons (Fsp3) is 0.512. The highest BCUT2D eigenvalue weighted by atomic mass is 32.1. The average molecular weight is 1500 g/mol. The highest BCUT2D eigenvalue weighted by molar-refractivity contribution is 7.09. The van der Waals surface area contributed by atoms with Crippen molar-refractivity contribution in [1.82, 2.24) is 25.8 Å². The number of aromatic nitrogens is 1. The predicted molar refractivity (Wildman–Crippen MR) is 398 cm³/mol. The van der Waals surface area contributed by atoms with Crippen LogP contribution >= 0.6 is 11.3 Å². The number of alkyl carbamates (subject to hydrolysis) is 1. The Labute approximate surface area is 630 Å². The van der Waals surface area contributed by atoms with Crippen LogP contribution in [0.3, 0.4) is 0 Å². The van der Waals surface area contributed by atoms with Gasteiger partial charge in [-0.3, -0.25) is 38.4 Å². The summed E-state index contributed by atoms with van der Waals surface area (Å²) in [5, 5.41) is 14.2. The molecule has 4 N–H and O–H groups in total. The van der Waals surface area contributed by atoms with E-state index in [1.807, 2.05) is 121 Å². The first-order valence-electron chi connectivity index (χ1n) is 36.7. The Hall–Kier alpha value is -9.57. The molecule has 5 aromatic rings. The van der Waals surface area contributed by atoms with Gasteiger partial charge >= 0.3 is 35.9 Å². The minimum Gasteiger partial charge on any atom is -0.467 e. The molecule has 13 atom stereocenters. The van der Waals surface area contributed by atoms with Gasteiger partial charge in [0, 0.05) is 89.2 Å². The van der Waals surface area contributed by atoms with Crippen LogP contribution in [-0.2, 0) is 89.2 Å². The number of amides is 5. The minimum atomic E-state index is -1.80. The monoisotopic (exact) mass is 1500 g/mol. The van der Waals surface area contributed by atoms with Crippen molar-refractivity contribution < 1.29 is 95.1 Å². The van der Waals surface area contributed by atoms with E-state index >= 15 is 9.59 Å². The standard InChI is InChI=1S/C80H103N7O19S/c1-14-38-99-66(75-84-62(46-107-75)73(92)82-55(41-53-26-18-17-19-27-53)40-49(7)77(95)100-39-15-2)43-63(47(4)5)86(11)76(94)68(48(6)16-3)85-74(93)64-32-24-25-37-87(64,12)44-54-33-34-65(105-79-72(104-52(10)90)70(103-51(9)89)69(102-50(8)88)71(106-79)78(96)98-13)61(42-54)83-67(91)35-36-81-80(97)101-45-60-58-30-22-20-28-56(58)57-29-21-23-31-59(57)60/h15,17-23,26-31,33-34,42,46-49,55,60,63-64,66,68-72,79H,2,14,16,24-25,32,35-41,43-45H2,1,3-13H3,(H3-,81,82,83,85,91,92,93,97)/p+1/t48-,49-,55+,63+,64+,66+,68-,69-,70-,71-,72+,79+,87?/m0/s1. The second-order valence-electron chi connectivity index (χ2n) is 28.3. The van der Waals surface area contributed by atoms with Crippen molar-refractivity contribution in [2.24, 2.45) is 17.8 Å². The van der Waals surface area contributed by atoms with Crippen molar-refractivity contribution in [2.45, 2.75) is 194 Å². The highest BCUT2D eigenvalue weighted by Gasteiger charge is 2.56. The summed E-state index contributed by atoms with van der Waals surface area (Å²) in [6.07, 6.45) is -4.56. The predicted octanol–water partition coefficient (Wildman–Crippen LogP) is 10.2. The van der Waals surface area contributed by atoms with E-state index in [0.29, 0.717) is 68.7 Å². The summed E-state index contributed by atoms with van der Waals surface area (Å²) in [7, 11) is 4.76. The van der Waals surface area contributed by atoms with Crippen LogP contribution in [0, 0.1) is 17.8 Å². The Morgan fingerprint density at radius 2 is 1.44 bits per heavy atom. The lowest BCUT2D eigenvalue weighted by Crippen LogP contribution is -2.64. The van der Waals surface area contributed by atoms with Gasteiger partial charge in [-0.2, -0.15) is 0 Å². The van der Waals surface area contributed by atoms with E-state index in [0.717, 1.165) is 62.1 Å². The van der Waals surface area contributed by atoms with Crippen molar-refractivity contribution >= 4 is 76.6 Å². The Morgan fingerprint density at radius 1 is 0.785 bits per heavy atom. The van der Waals surface area contributed by atoms with Gasteiger partial charge in [0.2, 0.25) is 24.2 Å². The molecule has 107 heavy (non-hydrogen) atoms. The summed E-state index contributed by atoms with van der Waals surface area (Å²) in [5.41, 5.74) is 5.97. The molecule has 1 unspecified atom stereocenters. The quantitative estimate of drug-likeness (QED) is 0.0125. The zero-order valence-electron chi connectivity index (χ0n) is 63.3. The van der Waals surface area contributed by atoms with Crippen LogP contribution in [0.25, 0.3) is 11.1 Å². The third kappa shape index (κ3) is 22.3. The van der Waals surface area contributed by atoms with Crippen LogP contribution < -0.4 is 26.0 Å². The Balaban J connectivity index is 1.01. The van der Waals surface area contributed by atoms with E-state index in [4.69, 9.17) is 47.6 Å². The van der Waals surface area contributed by atoms with Gasteiger partial charge in [-0.1, -0.05) is 139 Å². The van der Waals surface area contributed by atoms with Crippen LogP contribution in [0.15, 0.2) is 115 Å². The molecule has 4 aromatic carbocycles. The van der Waals surface area contributed by atoms with Crippen LogP contribution in [0.4, 0.5) is 10.5 Å². The lowest BCUT2D eigenvalue weighted by atomic mass is 9.92. The number of anilines is 1. The number of ether oxygens (including phenoxy) is 9. The Bertz CT molecular complexity index is 3880. The van der Waals surface area contributed by atoms with Crippen LogP contribution in [0.5, 0.6) is 5.75 Å². The summed E-state index contributed by atoms with van der Waals surface area (Å²) in [6.45, 7) is 19.6. The number of carbonyl (C=O) groups is 10. The molecule has 0 saturated carbocycles. The highest BCUT2D eigenvalue weighted by Crippen LogP contribution is 2.45. The number of hydrogen-bond donors (Lipinski definition) is 4. The second-order valence-corrected chi connectivity index (χ2v) is 29.1. The molecular formula is C80H104N7O19S+. The number of fused-ring (bicyclic) bond motifs is 3. The third-order valence-corrected chi connectivity index (χ3v) is 20.7. The Kier molecular flexibility index (Phi) is 30.5. The first-order valence-corrected chi connectivity index (χ1v) is 37.6. The van der Waals surface area contributed by atoms with Crippen molar-refractivity contribution in [3.63, 3.8) is 0 Å². The number of benzene rings is 4. The molecule has 3 aliphatic rings. The zero-order chi connectivity index (χ0) is 77.6. The van der Waals surface area contributed by atoms with Gasteiger partial charge in [-0.25, -0.2) is 14.6 Å². The van der Waals surface area contributed by atoms with Gasteiger partial charge in [0.25, 0.3) is 11.8 Å². The summed E-state index contributed by atoms with van der Waals surface area (Å²) in [5.74, 6) is -7.05. The molecule has 2 saturated heterocycles. The van der Waals surface area contributed by atoms with Crippen LogP contribution in [0.2, 0.25) is 0 Å².